The minimum Gasteiger partial charge on any atom is -0.301 e. The van der Waals surface area contributed by atoms with Gasteiger partial charge in [0.15, 0.2) is 5.16 Å². The molecule has 2 rings (SSSR count). The van der Waals surface area contributed by atoms with Gasteiger partial charge in [0.05, 0.1) is 5.69 Å². The first-order valence-corrected chi connectivity index (χ1v) is 6.29. The van der Waals surface area contributed by atoms with Crippen molar-refractivity contribution in [2.24, 2.45) is 0 Å². The van der Waals surface area contributed by atoms with Crippen LogP contribution in [-0.2, 0) is 6.42 Å². The molecule has 2 aromatic rings. The number of aromatic amines is 1. The number of halogens is 1. The fourth-order valence-electron chi connectivity index (χ4n) is 1.51. The van der Waals surface area contributed by atoms with Gasteiger partial charge < -0.3 is 4.98 Å². The lowest BCUT2D eigenvalue weighted by molar-refractivity contribution is 0.612. The molecule has 3 nitrogen and oxygen atoms in total. The Morgan fingerprint density at radius 3 is 2.88 bits per heavy atom. The summed E-state index contributed by atoms with van der Waals surface area (Å²) < 4.78 is 13.4. The third-order valence-corrected chi connectivity index (χ3v) is 2.88. The van der Waals surface area contributed by atoms with Gasteiger partial charge in [0.2, 0.25) is 0 Å². The number of benzene rings is 1. The highest BCUT2D eigenvalue weighted by Gasteiger charge is 2.05. The van der Waals surface area contributed by atoms with Gasteiger partial charge in [-0.15, -0.1) is 0 Å². The highest BCUT2D eigenvalue weighted by atomic mass is 32.2. The maximum Gasteiger partial charge on any atom is 0.251 e. The molecule has 0 saturated carbocycles. The van der Waals surface area contributed by atoms with E-state index in [0.29, 0.717) is 22.8 Å². The Hall–Kier alpha value is -1.62. The third kappa shape index (κ3) is 2.94. The number of rotatable bonds is 3. The van der Waals surface area contributed by atoms with Crippen molar-refractivity contribution in [3.63, 3.8) is 0 Å². The predicted octanol–water partition coefficient (Wildman–Crippen LogP) is 2.22. The summed E-state index contributed by atoms with van der Waals surface area (Å²) in [5.74, 6) is -0.278. The average molecular weight is 250 g/mol. The Balaban J connectivity index is 2.33. The monoisotopic (exact) mass is 250 g/mol. The van der Waals surface area contributed by atoms with Gasteiger partial charge in [-0.25, -0.2) is 9.37 Å². The summed E-state index contributed by atoms with van der Waals surface area (Å²) >= 11 is 1.35. The molecule has 0 saturated heterocycles. The van der Waals surface area contributed by atoms with E-state index in [-0.39, 0.29) is 11.4 Å². The van der Waals surface area contributed by atoms with E-state index in [0.717, 1.165) is 0 Å². The van der Waals surface area contributed by atoms with Crippen molar-refractivity contribution in [2.75, 3.05) is 6.26 Å². The van der Waals surface area contributed by atoms with Gasteiger partial charge in [-0.3, -0.25) is 4.79 Å². The number of hydrogen-bond acceptors (Lipinski definition) is 3. The van der Waals surface area contributed by atoms with Crippen molar-refractivity contribution < 1.29 is 4.39 Å². The average Bonchev–Trinajstić information content (AvgIpc) is 2.31. The molecular weight excluding hydrogens is 239 g/mol. The molecule has 0 aliphatic heterocycles. The van der Waals surface area contributed by atoms with Crippen LogP contribution in [0.25, 0.3) is 0 Å². The maximum atomic E-state index is 13.4. The van der Waals surface area contributed by atoms with Crippen LogP contribution in [0.3, 0.4) is 0 Å². The normalized spacial score (nSPS) is 10.5. The first-order chi connectivity index (χ1) is 8.19. The second kappa shape index (κ2) is 5.14. The van der Waals surface area contributed by atoms with E-state index in [1.807, 2.05) is 6.26 Å². The van der Waals surface area contributed by atoms with E-state index < -0.39 is 0 Å². The standard InChI is InChI=1S/C12H11FN2OS/c1-17-12-14-9(7-11(16)15-12)6-8-4-2-3-5-10(8)13/h2-5,7H,6H2,1H3,(H,14,15,16). The van der Waals surface area contributed by atoms with Crippen LogP contribution >= 0.6 is 11.8 Å². The molecule has 0 amide bonds. The molecule has 0 unspecified atom stereocenters. The van der Waals surface area contributed by atoms with Crippen LogP contribution in [0.15, 0.2) is 40.3 Å². The summed E-state index contributed by atoms with van der Waals surface area (Å²) in [5, 5.41) is 0.545. The van der Waals surface area contributed by atoms with Crippen molar-refractivity contribution in [2.45, 2.75) is 11.6 Å². The second-order valence-electron chi connectivity index (χ2n) is 3.51. The summed E-state index contributed by atoms with van der Waals surface area (Å²) in [5.41, 5.74) is 0.900. The van der Waals surface area contributed by atoms with E-state index in [2.05, 4.69) is 9.97 Å². The lowest BCUT2D eigenvalue weighted by Gasteiger charge is -2.03. The van der Waals surface area contributed by atoms with E-state index >= 15 is 0 Å². The molecule has 1 aromatic heterocycles. The first kappa shape index (κ1) is 11.9. The molecule has 0 fully saturated rings. The van der Waals surface area contributed by atoms with Gasteiger partial charge in [-0.1, -0.05) is 30.0 Å². The summed E-state index contributed by atoms with van der Waals surface area (Å²) in [7, 11) is 0. The van der Waals surface area contributed by atoms with E-state index in [9.17, 15) is 9.18 Å². The van der Waals surface area contributed by atoms with Gasteiger partial charge in [0, 0.05) is 12.5 Å². The molecule has 1 aromatic carbocycles. The molecule has 0 aliphatic rings. The molecule has 0 radical (unpaired) electrons. The largest absolute Gasteiger partial charge is 0.301 e. The van der Waals surface area contributed by atoms with Crippen molar-refractivity contribution in [3.8, 4) is 0 Å². The fourth-order valence-corrected chi connectivity index (χ4v) is 1.92. The number of nitrogens with one attached hydrogen (secondary N) is 1. The SMILES string of the molecule is CSc1nc(Cc2ccccc2F)cc(=O)[nH]1. The molecule has 0 aliphatic carbocycles. The molecule has 1 N–H and O–H groups in total. The highest BCUT2D eigenvalue weighted by molar-refractivity contribution is 7.98. The smallest absolute Gasteiger partial charge is 0.251 e. The molecule has 0 bridgehead atoms. The summed E-state index contributed by atoms with van der Waals surface area (Å²) in [6.07, 6.45) is 2.15. The molecule has 1 heterocycles. The Kier molecular flexibility index (Phi) is 3.58. The summed E-state index contributed by atoms with van der Waals surface area (Å²) in [4.78, 5) is 18.2. The van der Waals surface area contributed by atoms with Crippen molar-refractivity contribution in [3.05, 3.63) is 57.8 Å². The van der Waals surface area contributed by atoms with Crippen LogP contribution in [-0.4, -0.2) is 16.2 Å². The molecule has 0 atom stereocenters. The minimum atomic E-state index is -0.278. The summed E-state index contributed by atoms with van der Waals surface area (Å²) in [6.45, 7) is 0. The zero-order valence-corrected chi connectivity index (χ0v) is 10.1. The summed E-state index contributed by atoms with van der Waals surface area (Å²) in [6, 6.07) is 7.89. The van der Waals surface area contributed by atoms with Crippen LogP contribution in [0, 0.1) is 5.82 Å². The zero-order chi connectivity index (χ0) is 12.3. The topological polar surface area (TPSA) is 45.8 Å². The Morgan fingerprint density at radius 2 is 2.18 bits per heavy atom. The van der Waals surface area contributed by atoms with Crippen molar-refractivity contribution in [1.29, 1.82) is 0 Å². The third-order valence-electron chi connectivity index (χ3n) is 2.30. The van der Waals surface area contributed by atoms with Gasteiger partial charge in [0.1, 0.15) is 5.82 Å². The lowest BCUT2D eigenvalue weighted by atomic mass is 10.1. The number of H-pyrrole nitrogens is 1. The Labute approximate surface area is 102 Å². The van der Waals surface area contributed by atoms with Crippen LogP contribution in [0.1, 0.15) is 11.3 Å². The number of thioether (sulfide) groups is 1. The lowest BCUT2D eigenvalue weighted by Crippen LogP contribution is -2.10. The Morgan fingerprint density at radius 1 is 1.41 bits per heavy atom. The Bertz CT molecular complexity index is 583. The molecular formula is C12H11FN2OS. The van der Waals surface area contributed by atoms with E-state index in [1.54, 1.807) is 18.2 Å². The van der Waals surface area contributed by atoms with Gasteiger partial charge in [-0.05, 0) is 17.9 Å². The quantitative estimate of drug-likeness (QED) is 0.671. The minimum absolute atomic E-state index is 0.212. The van der Waals surface area contributed by atoms with Crippen LogP contribution in [0.2, 0.25) is 0 Å². The molecule has 0 spiro atoms. The van der Waals surface area contributed by atoms with Crippen molar-refractivity contribution in [1.82, 2.24) is 9.97 Å². The van der Waals surface area contributed by atoms with Crippen molar-refractivity contribution >= 4 is 11.8 Å². The first-order valence-electron chi connectivity index (χ1n) is 5.06. The molecule has 88 valence electrons. The van der Waals surface area contributed by atoms with Crippen LogP contribution < -0.4 is 5.56 Å². The van der Waals surface area contributed by atoms with E-state index in [4.69, 9.17) is 0 Å². The van der Waals surface area contributed by atoms with Gasteiger partial charge in [0.25, 0.3) is 5.56 Å². The number of hydrogen-bond donors (Lipinski definition) is 1. The van der Waals surface area contributed by atoms with Crippen LogP contribution in [0.4, 0.5) is 4.39 Å². The molecule has 17 heavy (non-hydrogen) atoms. The maximum absolute atomic E-state index is 13.4. The van der Waals surface area contributed by atoms with Gasteiger partial charge >= 0.3 is 0 Å². The zero-order valence-electron chi connectivity index (χ0n) is 9.24. The number of aromatic nitrogens is 2. The molecule has 5 heteroatoms. The van der Waals surface area contributed by atoms with Crippen LogP contribution in [0.5, 0.6) is 0 Å². The predicted molar refractivity (Wildman–Crippen MR) is 65.8 cm³/mol. The van der Waals surface area contributed by atoms with E-state index in [1.165, 1.54) is 23.9 Å². The fraction of sp³-hybridized carbons (Fsp3) is 0.167. The second-order valence-corrected chi connectivity index (χ2v) is 4.31. The highest BCUT2D eigenvalue weighted by Crippen LogP contribution is 2.12. The number of nitrogens with zero attached hydrogens (tertiary/aromatic N) is 1. The van der Waals surface area contributed by atoms with Gasteiger partial charge in [-0.2, -0.15) is 0 Å².